The molecule has 3 aliphatic rings. The Balaban J connectivity index is 1.39. The summed E-state index contributed by atoms with van der Waals surface area (Å²) in [7, 11) is 1.40. The van der Waals surface area contributed by atoms with Crippen LogP contribution in [-0.2, 0) is 25.6 Å². The highest BCUT2D eigenvalue weighted by atomic mass is 16.7. The van der Waals surface area contributed by atoms with E-state index in [1.807, 2.05) is 30.3 Å². The van der Waals surface area contributed by atoms with E-state index < -0.39 is 11.5 Å². The molecule has 1 saturated heterocycles. The summed E-state index contributed by atoms with van der Waals surface area (Å²) in [5.41, 5.74) is -0.0953. The number of methoxy groups -OCH3 is 1. The van der Waals surface area contributed by atoms with Gasteiger partial charge in [-0.1, -0.05) is 30.3 Å². The number of hydrogen-bond donors (Lipinski definition) is 0. The molecule has 0 bridgehead atoms. The van der Waals surface area contributed by atoms with Gasteiger partial charge >= 0.3 is 0 Å². The summed E-state index contributed by atoms with van der Waals surface area (Å²) < 4.78 is 28.0. The number of ketones is 2. The molecular formula is C24H20O7. The summed E-state index contributed by atoms with van der Waals surface area (Å²) in [6, 6.07) is 14.9. The van der Waals surface area contributed by atoms with E-state index in [-0.39, 0.29) is 25.0 Å². The van der Waals surface area contributed by atoms with Crippen molar-refractivity contribution in [3.8, 4) is 11.5 Å². The second kappa shape index (κ2) is 7.59. The van der Waals surface area contributed by atoms with Gasteiger partial charge in [-0.05, 0) is 17.7 Å². The van der Waals surface area contributed by atoms with Crippen LogP contribution < -0.4 is 9.47 Å². The highest BCUT2D eigenvalue weighted by Gasteiger charge is 2.53. The average Bonchev–Trinajstić information content (AvgIpc) is 3.25. The fraction of sp³-hybridized carbons (Fsp3) is 0.250. The molecule has 0 N–H and O–H groups in total. The molecule has 0 unspecified atom stereocenters. The molecule has 158 valence electrons. The zero-order valence-electron chi connectivity index (χ0n) is 16.8. The van der Waals surface area contributed by atoms with Crippen molar-refractivity contribution >= 4 is 11.6 Å². The van der Waals surface area contributed by atoms with E-state index in [9.17, 15) is 9.59 Å². The smallest absolute Gasteiger partial charge is 0.231 e. The fourth-order valence-corrected chi connectivity index (χ4v) is 4.01. The lowest BCUT2D eigenvalue weighted by molar-refractivity contribution is -0.136. The molecule has 0 spiro atoms. The van der Waals surface area contributed by atoms with Crippen molar-refractivity contribution in [2.45, 2.75) is 12.2 Å². The third-order valence-electron chi connectivity index (χ3n) is 5.71. The van der Waals surface area contributed by atoms with Crippen LogP contribution >= 0.6 is 0 Å². The van der Waals surface area contributed by atoms with Crippen molar-refractivity contribution in [2.75, 3.05) is 20.5 Å². The highest BCUT2D eigenvalue weighted by Crippen LogP contribution is 2.41. The fourth-order valence-electron chi connectivity index (χ4n) is 4.01. The third-order valence-corrected chi connectivity index (χ3v) is 5.71. The van der Waals surface area contributed by atoms with Crippen molar-refractivity contribution in [2.24, 2.45) is 5.92 Å². The van der Waals surface area contributed by atoms with Gasteiger partial charge in [0.05, 0.1) is 11.5 Å². The number of carbonyl (C=O) groups excluding carboxylic acids is 2. The van der Waals surface area contributed by atoms with Crippen LogP contribution in [0.4, 0.5) is 0 Å². The van der Waals surface area contributed by atoms with Crippen LogP contribution in [0, 0.1) is 5.92 Å². The van der Waals surface area contributed by atoms with E-state index >= 15 is 0 Å². The Morgan fingerprint density at radius 1 is 1.03 bits per heavy atom. The second-order valence-electron chi connectivity index (χ2n) is 7.45. The quantitative estimate of drug-likeness (QED) is 0.735. The van der Waals surface area contributed by atoms with Crippen LogP contribution in [-0.4, -0.2) is 37.7 Å². The average molecular weight is 420 g/mol. The Morgan fingerprint density at radius 2 is 1.84 bits per heavy atom. The maximum absolute atomic E-state index is 13.3. The SMILES string of the molecule is CO[C@]1([C@H]2COc3cc(OCc4ccccc4)ccc3C2=O)C=C2OCOC2=CC1=O. The Bertz CT molecular complexity index is 1100. The summed E-state index contributed by atoms with van der Waals surface area (Å²) in [6.45, 7) is 0.414. The monoisotopic (exact) mass is 420 g/mol. The lowest BCUT2D eigenvalue weighted by Gasteiger charge is -2.37. The van der Waals surface area contributed by atoms with Gasteiger partial charge in [0.2, 0.25) is 6.79 Å². The van der Waals surface area contributed by atoms with Crippen molar-refractivity contribution < 1.29 is 33.3 Å². The summed E-state index contributed by atoms with van der Waals surface area (Å²) in [4.78, 5) is 26.2. The number of Topliss-reactive ketones (excluding diaryl/α,β-unsaturated/α-hetero) is 1. The number of hydrogen-bond acceptors (Lipinski definition) is 7. The predicted octanol–water partition coefficient (Wildman–Crippen LogP) is 3.20. The van der Waals surface area contributed by atoms with E-state index in [1.54, 1.807) is 18.2 Å². The first-order valence-electron chi connectivity index (χ1n) is 9.88. The minimum Gasteiger partial charge on any atom is -0.492 e. The first-order chi connectivity index (χ1) is 15.1. The maximum Gasteiger partial charge on any atom is 0.231 e. The number of rotatable bonds is 5. The standard InChI is InChI=1S/C24H20O7/c1-27-24(11-21-20(10-22(24)25)30-14-31-21)18-13-29-19-9-16(7-8-17(19)23(18)26)28-12-15-5-3-2-4-6-15/h2-11,18H,12-14H2,1H3/t18-,24-/m0/s1. The zero-order valence-corrected chi connectivity index (χ0v) is 16.8. The summed E-state index contributed by atoms with van der Waals surface area (Å²) in [5, 5.41) is 0. The summed E-state index contributed by atoms with van der Waals surface area (Å²) in [6.07, 6.45) is 2.83. The largest absolute Gasteiger partial charge is 0.492 e. The highest BCUT2D eigenvalue weighted by molar-refractivity contribution is 6.10. The Morgan fingerprint density at radius 3 is 2.65 bits per heavy atom. The van der Waals surface area contributed by atoms with Crippen LogP contribution in [0.5, 0.6) is 11.5 Å². The molecule has 7 nitrogen and oxygen atoms in total. The molecule has 0 radical (unpaired) electrons. The van der Waals surface area contributed by atoms with Crippen molar-refractivity contribution in [3.05, 3.63) is 83.3 Å². The van der Waals surface area contributed by atoms with E-state index in [1.165, 1.54) is 19.3 Å². The summed E-state index contributed by atoms with van der Waals surface area (Å²) in [5.74, 6) is 0.280. The van der Waals surface area contributed by atoms with Gasteiger partial charge < -0.3 is 23.7 Å². The van der Waals surface area contributed by atoms with Gasteiger partial charge in [0.1, 0.15) is 24.7 Å². The normalized spacial score (nSPS) is 24.1. The molecule has 5 rings (SSSR count). The van der Waals surface area contributed by atoms with Gasteiger partial charge in [-0.25, -0.2) is 0 Å². The molecular weight excluding hydrogens is 400 g/mol. The third kappa shape index (κ3) is 3.27. The molecule has 0 saturated carbocycles. The molecule has 0 amide bonds. The van der Waals surface area contributed by atoms with Gasteiger partial charge in [-0.15, -0.1) is 0 Å². The van der Waals surface area contributed by atoms with Crippen LogP contribution in [0.1, 0.15) is 15.9 Å². The van der Waals surface area contributed by atoms with Crippen molar-refractivity contribution in [1.29, 1.82) is 0 Å². The van der Waals surface area contributed by atoms with Crippen molar-refractivity contribution in [3.63, 3.8) is 0 Å². The van der Waals surface area contributed by atoms with Crippen LogP contribution in [0.3, 0.4) is 0 Å². The van der Waals surface area contributed by atoms with Gasteiger partial charge in [0.25, 0.3) is 0 Å². The molecule has 1 fully saturated rings. The van der Waals surface area contributed by atoms with Gasteiger partial charge in [-0.2, -0.15) is 0 Å². The topological polar surface area (TPSA) is 80.3 Å². The van der Waals surface area contributed by atoms with Gasteiger partial charge in [-0.3, -0.25) is 9.59 Å². The molecule has 2 atom stereocenters. The van der Waals surface area contributed by atoms with E-state index in [2.05, 4.69) is 0 Å². The first-order valence-corrected chi connectivity index (χ1v) is 9.88. The zero-order chi connectivity index (χ0) is 21.4. The lowest BCUT2D eigenvalue weighted by Crippen LogP contribution is -2.53. The molecule has 0 aromatic heterocycles. The minimum absolute atomic E-state index is 0.0125. The number of benzene rings is 2. The molecule has 7 heteroatoms. The lowest BCUT2D eigenvalue weighted by atomic mass is 9.75. The molecule has 31 heavy (non-hydrogen) atoms. The molecule has 2 aliphatic heterocycles. The van der Waals surface area contributed by atoms with Crippen LogP contribution in [0.15, 0.2) is 72.2 Å². The van der Waals surface area contributed by atoms with Gasteiger partial charge in [0, 0.05) is 25.3 Å². The van der Waals surface area contributed by atoms with Crippen LogP contribution in [0.25, 0.3) is 0 Å². The summed E-state index contributed by atoms with van der Waals surface area (Å²) >= 11 is 0. The molecule has 2 aromatic carbocycles. The second-order valence-corrected chi connectivity index (χ2v) is 7.45. The Kier molecular flexibility index (Phi) is 4.75. The first kappa shape index (κ1) is 19.4. The number of fused-ring (bicyclic) bond motifs is 2. The van der Waals surface area contributed by atoms with E-state index in [0.29, 0.717) is 35.2 Å². The molecule has 2 aromatic rings. The van der Waals surface area contributed by atoms with E-state index in [0.717, 1.165) is 5.56 Å². The van der Waals surface area contributed by atoms with Crippen LogP contribution in [0.2, 0.25) is 0 Å². The number of ether oxygens (including phenoxy) is 5. The Hall–Kier alpha value is -3.58. The molecule has 1 aliphatic carbocycles. The number of carbonyl (C=O) groups is 2. The molecule has 2 heterocycles. The predicted molar refractivity (Wildman–Crippen MR) is 108 cm³/mol. The van der Waals surface area contributed by atoms with Crippen molar-refractivity contribution in [1.82, 2.24) is 0 Å². The Labute approximate surface area is 178 Å². The minimum atomic E-state index is -1.51. The van der Waals surface area contributed by atoms with E-state index in [4.69, 9.17) is 23.7 Å². The maximum atomic E-state index is 13.3. The van der Waals surface area contributed by atoms with Gasteiger partial charge in [0.15, 0.2) is 28.7 Å².